The number of pyridine rings is 1. The number of ether oxygens (including phenoxy) is 2. The monoisotopic (exact) mass is 480 g/mol. The van der Waals surface area contributed by atoms with Crippen molar-refractivity contribution in [3.8, 4) is 5.75 Å². The molecule has 10 heteroatoms. The summed E-state index contributed by atoms with van der Waals surface area (Å²) in [7, 11) is -3.76. The van der Waals surface area contributed by atoms with Crippen LogP contribution >= 0.6 is 23.2 Å². The van der Waals surface area contributed by atoms with Crippen molar-refractivity contribution in [1.82, 2.24) is 9.29 Å². The molecule has 3 aromatic rings. The van der Waals surface area contributed by atoms with E-state index in [1.54, 1.807) is 19.1 Å². The summed E-state index contributed by atoms with van der Waals surface area (Å²) in [5.74, 6) is -0.691. The largest absolute Gasteiger partial charge is 0.419 e. The topological polar surface area (TPSA) is 85.8 Å². The van der Waals surface area contributed by atoms with Gasteiger partial charge in [-0.25, -0.2) is 18.2 Å². The fraction of sp³-hybridized carbons (Fsp3) is 0.238. The van der Waals surface area contributed by atoms with Crippen molar-refractivity contribution >= 4 is 50.1 Å². The van der Waals surface area contributed by atoms with E-state index in [1.807, 2.05) is 0 Å². The van der Waals surface area contributed by atoms with Crippen LogP contribution in [0.5, 0.6) is 5.75 Å². The van der Waals surface area contributed by atoms with Gasteiger partial charge in [0.1, 0.15) is 5.52 Å². The zero-order valence-electron chi connectivity index (χ0n) is 16.5. The maximum Gasteiger partial charge on any atom is 0.343 e. The number of morpholine rings is 1. The molecule has 0 aliphatic carbocycles. The highest BCUT2D eigenvalue weighted by Crippen LogP contribution is 2.37. The second-order valence-electron chi connectivity index (χ2n) is 6.95. The van der Waals surface area contributed by atoms with Gasteiger partial charge in [0.2, 0.25) is 10.0 Å². The number of halogens is 2. The summed E-state index contributed by atoms with van der Waals surface area (Å²) in [6.45, 7) is 2.97. The minimum atomic E-state index is -3.76. The van der Waals surface area contributed by atoms with Crippen LogP contribution in [0, 0.1) is 6.92 Å². The van der Waals surface area contributed by atoms with Crippen molar-refractivity contribution in [1.29, 1.82) is 0 Å². The maximum absolute atomic E-state index is 12.9. The molecule has 2 aromatic carbocycles. The molecule has 7 nitrogen and oxygen atoms in total. The van der Waals surface area contributed by atoms with E-state index in [1.165, 1.54) is 34.6 Å². The Bertz CT molecular complexity index is 1270. The molecule has 4 rings (SSSR count). The van der Waals surface area contributed by atoms with Gasteiger partial charge in [0.25, 0.3) is 0 Å². The van der Waals surface area contributed by atoms with Crippen molar-refractivity contribution in [2.45, 2.75) is 11.8 Å². The molecule has 31 heavy (non-hydrogen) atoms. The molecule has 0 unspecified atom stereocenters. The average Bonchev–Trinajstić information content (AvgIpc) is 2.77. The molecule has 1 aromatic heterocycles. The van der Waals surface area contributed by atoms with E-state index in [9.17, 15) is 13.2 Å². The van der Waals surface area contributed by atoms with E-state index >= 15 is 0 Å². The Hall–Kier alpha value is -2.23. The van der Waals surface area contributed by atoms with Crippen molar-refractivity contribution < 1.29 is 22.7 Å². The number of hydrogen-bond donors (Lipinski definition) is 0. The van der Waals surface area contributed by atoms with Crippen LogP contribution in [0.25, 0.3) is 10.9 Å². The summed E-state index contributed by atoms with van der Waals surface area (Å²) < 4.78 is 37.9. The van der Waals surface area contributed by atoms with Gasteiger partial charge in [-0.2, -0.15) is 4.31 Å². The Morgan fingerprint density at radius 2 is 1.84 bits per heavy atom. The Balaban J connectivity index is 1.68. The molecule has 1 aliphatic heterocycles. The molecule has 2 heterocycles. The molecule has 1 aliphatic rings. The smallest absolute Gasteiger partial charge is 0.343 e. The van der Waals surface area contributed by atoms with Crippen LogP contribution in [0.15, 0.2) is 47.4 Å². The van der Waals surface area contributed by atoms with Crippen LogP contribution in [0.1, 0.15) is 16.1 Å². The summed E-state index contributed by atoms with van der Waals surface area (Å²) in [6.07, 6.45) is 0. The molecular weight excluding hydrogens is 463 g/mol. The van der Waals surface area contributed by atoms with Crippen LogP contribution in [-0.4, -0.2) is 50.0 Å². The van der Waals surface area contributed by atoms with Crippen LogP contribution in [0.3, 0.4) is 0 Å². The zero-order valence-corrected chi connectivity index (χ0v) is 18.8. The summed E-state index contributed by atoms with van der Waals surface area (Å²) in [5.41, 5.74) is 1.12. The normalized spacial score (nSPS) is 15.2. The van der Waals surface area contributed by atoms with E-state index < -0.39 is 16.0 Å². The first-order valence-corrected chi connectivity index (χ1v) is 11.6. The third-order valence-electron chi connectivity index (χ3n) is 4.85. The molecule has 0 atom stereocenters. The molecule has 0 spiro atoms. The third kappa shape index (κ3) is 4.40. The SMILES string of the molecule is Cc1ccc2c(Cl)cc(Cl)c(OC(=O)c3cccc(S(=O)(=O)N4CCOCC4)c3)c2n1. The van der Waals surface area contributed by atoms with E-state index in [0.29, 0.717) is 34.8 Å². The molecule has 0 amide bonds. The maximum atomic E-state index is 12.9. The predicted octanol–water partition coefficient (Wildman–Crippen LogP) is 4.09. The van der Waals surface area contributed by atoms with Gasteiger partial charge in [-0.3, -0.25) is 0 Å². The van der Waals surface area contributed by atoms with Crippen LogP contribution < -0.4 is 4.74 Å². The second-order valence-corrected chi connectivity index (χ2v) is 9.70. The van der Waals surface area contributed by atoms with Gasteiger partial charge in [0.15, 0.2) is 5.75 Å². The number of aryl methyl sites for hydroxylation is 1. The lowest BCUT2D eigenvalue weighted by Crippen LogP contribution is -2.40. The van der Waals surface area contributed by atoms with Crippen LogP contribution in [-0.2, 0) is 14.8 Å². The van der Waals surface area contributed by atoms with Gasteiger partial charge < -0.3 is 9.47 Å². The lowest BCUT2D eigenvalue weighted by Gasteiger charge is -2.26. The van der Waals surface area contributed by atoms with Crippen LogP contribution in [0.2, 0.25) is 10.0 Å². The number of aromatic nitrogens is 1. The third-order valence-corrected chi connectivity index (χ3v) is 7.34. The molecular formula is C21H18Cl2N2O5S. The molecule has 0 bridgehead atoms. The lowest BCUT2D eigenvalue weighted by molar-refractivity contribution is 0.0727. The number of carbonyl (C=O) groups excluding carboxylic acids is 1. The standard InChI is InChI=1S/C21H18Cl2N2O5S/c1-13-5-6-16-17(22)12-18(23)20(19(16)24-13)30-21(26)14-3-2-4-15(11-14)31(27,28)25-7-9-29-10-8-25/h2-6,11-12H,7-10H2,1H3. The van der Waals surface area contributed by atoms with E-state index in [-0.39, 0.29) is 34.3 Å². The number of sulfonamides is 1. The van der Waals surface area contributed by atoms with E-state index in [2.05, 4.69) is 4.98 Å². The van der Waals surface area contributed by atoms with Crippen molar-refractivity contribution in [3.63, 3.8) is 0 Å². The van der Waals surface area contributed by atoms with Gasteiger partial charge in [-0.05, 0) is 43.3 Å². The van der Waals surface area contributed by atoms with Gasteiger partial charge >= 0.3 is 5.97 Å². The summed E-state index contributed by atoms with van der Waals surface area (Å²) in [5, 5.41) is 1.09. The lowest BCUT2D eigenvalue weighted by atomic mass is 10.2. The Kier molecular flexibility index (Phi) is 6.18. The average molecular weight is 481 g/mol. The highest BCUT2D eigenvalue weighted by Gasteiger charge is 2.27. The van der Waals surface area contributed by atoms with Gasteiger partial charge in [0, 0.05) is 24.2 Å². The zero-order chi connectivity index (χ0) is 22.2. The van der Waals surface area contributed by atoms with Gasteiger partial charge in [-0.1, -0.05) is 29.3 Å². The summed E-state index contributed by atoms with van der Waals surface area (Å²) in [6, 6.07) is 10.7. The fourth-order valence-corrected chi connectivity index (χ4v) is 5.27. The van der Waals surface area contributed by atoms with Crippen LogP contribution in [0.4, 0.5) is 0 Å². The number of rotatable bonds is 4. The number of carbonyl (C=O) groups is 1. The molecule has 162 valence electrons. The quantitative estimate of drug-likeness (QED) is 0.412. The predicted molar refractivity (Wildman–Crippen MR) is 117 cm³/mol. The second kappa shape index (κ2) is 8.72. The Labute approximate surface area is 189 Å². The molecule has 0 N–H and O–H groups in total. The number of benzene rings is 2. The number of nitrogens with zero attached hydrogens (tertiary/aromatic N) is 2. The fourth-order valence-electron chi connectivity index (χ4n) is 3.26. The highest BCUT2D eigenvalue weighted by atomic mass is 35.5. The molecule has 1 saturated heterocycles. The summed E-state index contributed by atoms with van der Waals surface area (Å²) in [4.78, 5) is 17.3. The molecule has 0 saturated carbocycles. The minimum absolute atomic E-state index is 0.00452. The van der Waals surface area contributed by atoms with Crippen molar-refractivity contribution in [2.24, 2.45) is 0 Å². The van der Waals surface area contributed by atoms with Crippen molar-refractivity contribution in [3.05, 3.63) is 63.8 Å². The van der Waals surface area contributed by atoms with Gasteiger partial charge in [0.05, 0.1) is 33.7 Å². The van der Waals surface area contributed by atoms with Crippen molar-refractivity contribution in [2.75, 3.05) is 26.3 Å². The number of hydrogen-bond acceptors (Lipinski definition) is 6. The number of fused-ring (bicyclic) bond motifs is 1. The highest BCUT2D eigenvalue weighted by molar-refractivity contribution is 7.89. The molecule has 0 radical (unpaired) electrons. The van der Waals surface area contributed by atoms with Gasteiger partial charge in [-0.15, -0.1) is 0 Å². The van der Waals surface area contributed by atoms with E-state index in [4.69, 9.17) is 32.7 Å². The minimum Gasteiger partial charge on any atom is -0.419 e. The molecule has 1 fully saturated rings. The Morgan fingerprint density at radius 3 is 2.58 bits per heavy atom. The summed E-state index contributed by atoms with van der Waals surface area (Å²) >= 11 is 12.5. The van der Waals surface area contributed by atoms with E-state index in [0.717, 1.165) is 0 Å². The first-order chi connectivity index (χ1) is 14.8. The first-order valence-electron chi connectivity index (χ1n) is 9.43. The Morgan fingerprint density at radius 1 is 1.10 bits per heavy atom. The number of esters is 1. The first kappa shape index (κ1) is 22.0.